The average Bonchev–Trinajstić information content (AvgIpc) is 2.95. The van der Waals surface area contributed by atoms with Crippen LogP contribution in [0.2, 0.25) is 0 Å². The van der Waals surface area contributed by atoms with Gasteiger partial charge in [0.15, 0.2) is 5.78 Å². The third kappa shape index (κ3) is 6.10. The van der Waals surface area contributed by atoms with Crippen LogP contribution in [0.5, 0.6) is 0 Å². The summed E-state index contributed by atoms with van der Waals surface area (Å²) in [5, 5.41) is 0.653. The molecule has 2 aromatic rings. The van der Waals surface area contributed by atoms with Gasteiger partial charge in [0.1, 0.15) is 22.2 Å². The zero-order chi connectivity index (χ0) is 20.2. The molecule has 1 amide bonds. The number of anilines is 1. The van der Waals surface area contributed by atoms with Crippen LogP contribution in [-0.2, 0) is 4.74 Å². The molecular formula is C19H20BrF2NO3S. The van der Waals surface area contributed by atoms with Crippen LogP contribution in [0.25, 0.3) is 0 Å². The van der Waals surface area contributed by atoms with E-state index in [4.69, 9.17) is 4.74 Å². The van der Waals surface area contributed by atoms with Crippen molar-refractivity contribution in [2.75, 3.05) is 11.4 Å². The van der Waals surface area contributed by atoms with E-state index in [0.29, 0.717) is 5.00 Å². The van der Waals surface area contributed by atoms with E-state index in [1.807, 2.05) is 0 Å². The molecule has 0 spiro atoms. The van der Waals surface area contributed by atoms with Gasteiger partial charge in [-0.15, -0.1) is 11.3 Å². The van der Waals surface area contributed by atoms with Gasteiger partial charge in [0.2, 0.25) is 0 Å². The van der Waals surface area contributed by atoms with Crippen LogP contribution in [0.4, 0.5) is 18.6 Å². The first-order valence-corrected chi connectivity index (χ1v) is 9.92. The van der Waals surface area contributed by atoms with Gasteiger partial charge in [0, 0.05) is 13.0 Å². The number of Topliss-reactive ketones (excluding diaryl/α,β-unsaturated/α-hetero) is 1. The van der Waals surface area contributed by atoms with E-state index in [1.165, 1.54) is 22.3 Å². The highest BCUT2D eigenvalue weighted by Gasteiger charge is 2.25. The number of carbonyl (C=O) groups is 2. The second-order valence-corrected chi connectivity index (χ2v) is 9.27. The van der Waals surface area contributed by atoms with Gasteiger partial charge in [-0.05, 0) is 67.4 Å². The van der Waals surface area contributed by atoms with Gasteiger partial charge in [-0.3, -0.25) is 9.69 Å². The highest BCUT2D eigenvalue weighted by atomic mass is 79.9. The van der Waals surface area contributed by atoms with Crippen molar-refractivity contribution >= 4 is 44.1 Å². The van der Waals surface area contributed by atoms with Crippen molar-refractivity contribution in [3.63, 3.8) is 0 Å². The van der Waals surface area contributed by atoms with Crippen molar-refractivity contribution in [3.05, 3.63) is 51.3 Å². The van der Waals surface area contributed by atoms with E-state index < -0.39 is 34.7 Å². The Bertz CT molecular complexity index is 812. The van der Waals surface area contributed by atoms with Crippen LogP contribution in [-0.4, -0.2) is 24.0 Å². The van der Waals surface area contributed by atoms with Gasteiger partial charge in [0.25, 0.3) is 0 Å². The molecule has 4 nitrogen and oxygen atoms in total. The Labute approximate surface area is 169 Å². The molecule has 0 radical (unpaired) electrons. The quantitative estimate of drug-likeness (QED) is 0.483. The van der Waals surface area contributed by atoms with Crippen molar-refractivity contribution in [2.24, 2.45) is 0 Å². The second-order valence-electron chi connectivity index (χ2n) is 6.83. The lowest BCUT2D eigenvalue weighted by atomic mass is 10.1. The third-order valence-corrected chi connectivity index (χ3v) is 5.11. The van der Waals surface area contributed by atoms with Crippen molar-refractivity contribution in [1.29, 1.82) is 0 Å². The molecule has 0 unspecified atom stereocenters. The van der Waals surface area contributed by atoms with E-state index >= 15 is 0 Å². The molecule has 0 fully saturated rings. The molecular weight excluding hydrogens is 440 g/mol. The molecule has 0 N–H and O–H groups in total. The molecule has 146 valence electrons. The summed E-state index contributed by atoms with van der Waals surface area (Å²) in [4.78, 5) is 26.1. The Morgan fingerprint density at radius 3 is 2.30 bits per heavy atom. The summed E-state index contributed by atoms with van der Waals surface area (Å²) in [5.74, 6) is -2.40. The summed E-state index contributed by atoms with van der Waals surface area (Å²) < 4.78 is 33.7. The lowest BCUT2D eigenvalue weighted by Gasteiger charge is -2.26. The van der Waals surface area contributed by atoms with E-state index in [0.717, 1.165) is 15.9 Å². The van der Waals surface area contributed by atoms with E-state index in [9.17, 15) is 18.4 Å². The van der Waals surface area contributed by atoms with Crippen molar-refractivity contribution in [2.45, 2.75) is 39.2 Å². The fourth-order valence-corrected chi connectivity index (χ4v) is 3.72. The molecule has 0 aliphatic carbocycles. The highest BCUT2D eigenvalue weighted by molar-refractivity contribution is 9.11. The predicted molar refractivity (Wildman–Crippen MR) is 106 cm³/mol. The number of hydrogen-bond donors (Lipinski definition) is 0. The van der Waals surface area contributed by atoms with Crippen molar-refractivity contribution < 1.29 is 23.1 Å². The number of amides is 1. The Hall–Kier alpha value is -1.80. The first-order valence-electron chi connectivity index (χ1n) is 8.31. The fraction of sp³-hybridized carbons (Fsp3) is 0.368. The molecule has 0 atom stereocenters. The molecule has 1 aromatic heterocycles. The zero-order valence-electron chi connectivity index (χ0n) is 15.2. The minimum atomic E-state index is -0.883. The van der Waals surface area contributed by atoms with Gasteiger partial charge in [-0.2, -0.15) is 0 Å². The van der Waals surface area contributed by atoms with Crippen LogP contribution in [0.3, 0.4) is 0 Å². The van der Waals surface area contributed by atoms with Crippen LogP contribution in [0.15, 0.2) is 34.1 Å². The largest absolute Gasteiger partial charge is 0.443 e. The smallest absolute Gasteiger partial charge is 0.415 e. The maximum absolute atomic E-state index is 13.7. The number of thiophene rings is 1. The van der Waals surface area contributed by atoms with Gasteiger partial charge in [-0.1, -0.05) is 6.07 Å². The number of nitrogens with zero attached hydrogens (tertiary/aromatic N) is 1. The number of rotatable bonds is 6. The molecule has 0 aliphatic heterocycles. The topological polar surface area (TPSA) is 46.6 Å². The van der Waals surface area contributed by atoms with Crippen LogP contribution < -0.4 is 4.90 Å². The summed E-state index contributed by atoms with van der Waals surface area (Å²) in [5.41, 5.74) is -1.21. The molecule has 8 heteroatoms. The molecule has 27 heavy (non-hydrogen) atoms. The lowest BCUT2D eigenvalue weighted by Crippen LogP contribution is -2.37. The SMILES string of the molecule is CC(C)(C)OC(=O)N(CCCC(=O)c1c(F)cccc1F)c1ccc(Br)s1. The minimum Gasteiger partial charge on any atom is -0.443 e. The highest BCUT2D eigenvalue weighted by Crippen LogP contribution is 2.31. The van der Waals surface area contributed by atoms with Crippen molar-refractivity contribution in [1.82, 2.24) is 0 Å². The van der Waals surface area contributed by atoms with Crippen LogP contribution in [0.1, 0.15) is 44.0 Å². The Balaban J connectivity index is 2.08. The number of benzene rings is 1. The Morgan fingerprint density at radius 1 is 1.15 bits per heavy atom. The van der Waals surface area contributed by atoms with E-state index in [2.05, 4.69) is 15.9 Å². The fourth-order valence-electron chi connectivity index (χ4n) is 2.35. The second kappa shape index (κ2) is 8.93. The first kappa shape index (κ1) is 21.5. The van der Waals surface area contributed by atoms with E-state index in [1.54, 1.807) is 32.9 Å². The molecule has 0 saturated carbocycles. The average molecular weight is 460 g/mol. The van der Waals surface area contributed by atoms with Crippen molar-refractivity contribution in [3.8, 4) is 0 Å². The first-order chi connectivity index (χ1) is 12.6. The lowest BCUT2D eigenvalue weighted by molar-refractivity contribution is 0.0579. The summed E-state index contributed by atoms with van der Waals surface area (Å²) in [6.45, 7) is 5.47. The molecule has 1 aromatic carbocycles. The number of ether oxygens (including phenoxy) is 1. The normalized spacial score (nSPS) is 11.3. The van der Waals surface area contributed by atoms with Crippen LogP contribution in [0, 0.1) is 11.6 Å². The maximum atomic E-state index is 13.7. The van der Waals surface area contributed by atoms with Gasteiger partial charge in [-0.25, -0.2) is 13.6 Å². The standard InChI is InChI=1S/C19H20BrF2NO3S/c1-19(2,3)26-18(25)23(16-10-9-15(20)27-16)11-5-8-14(24)17-12(21)6-4-7-13(17)22/h4,6-7,9-10H,5,8,11H2,1-3H3. The summed E-state index contributed by atoms with van der Waals surface area (Å²) in [6, 6.07) is 6.87. The third-order valence-electron chi connectivity index (χ3n) is 3.47. The summed E-state index contributed by atoms with van der Waals surface area (Å²) >= 11 is 4.70. The molecule has 2 rings (SSSR count). The number of ketones is 1. The summed E-state index contributed by atoms with van der Waals surface area (Å²) in [7, 11) is 0. The molecule has 1 heterocycles. The predicted octanol–water partition coefficient (Wildman–Crippen LogP) is 6.19. The number of halogens is 3. The Kier molecular flexibility index (Phi) is 7.11. The van der Waals surface area contributed by atoms with Gasteiger partial charge >= 0.3 is 6.09 Å². The summed E-state index contributed by atoms with van der Waals surface area (Å²) in [6.07, 6.45) is -0.396. The van der Waals surface area contributed by atoms with Crippen LogP contribution >= 0.6 is 27.3 Å². The van der Waals surface area contributed by atoms with E-state index in [-0.39, 0.29) is 19.4 Å². The molecule has 0 bridgehead atoms. The number of hydrogen-bond acceptors (Lipinski definition) is 4. The number of carbonyl (C=O) groups excluding carboxylic acids is 2. The zero-order valence-corrected chi connectivity index (χ0v) is 17.6. The Morgan fingerprint density at radius 2 is 1.78 bits per heavy atom. The maximum Gasteiger partial charge on any atom is 0.415 e. The molecule has 0 saturated heterocycles. The van der Waals surface area contributed by atoms with Gasteiger partial charge in [0.05, 0.1) is 9.35 Å². The minimum absolute atomic E-state index is 0.0936. The van der Waals surface area contributed by atoms with Gasteiger partial charge < -0.3 is 4.74 Å². The molecule has 0 aliphatic rings. The monoisotopic (exact) mass is 459 g/mol.